The number of hydrogen-bond acceptors (Lipinski definition) is 6. The van der Waals surface area contributed by atoms with Gasteiger partial charge in [0.15, 0.2) is 0 Å². The van der Waals surface area contributed by atoms with E-state index in [1.54, 1.807) is 0 Å². The molecule has 0 amide bonds. The molecule has 4 saturated heterocycles. The lowest BCUT2D eigenvalue weighted by Crippen LogP contribution is -2.33. The second-order valence-electron chi connectivity index (χ2n) is 8.02. The Kier molecular flexibility index (Phi) is 3.71. The predicted molar refractivity (Wildman–Crippen MR) is 93.5 cm³/mol. The van der Waals surface area contributed by atoms with Gasteiger partial charge in [0.1, 0.15) is 0 Å². The van der Waals surface area contributed by atoms with Gasteiger partial charge in [-0.15, -0.1) is 0 Å². The second kappa shape index (κ2) is 5.84. The Hall–Kier alpha value is -1.34. The Labute approximate surface area is 147 Å². The summed E-state index contributed by atoms with van der Waals surface area (Å²) in [4.78, 5) is 0. The van der Waals surface area contributed by atoms with E-state index < -0.39 is 0 Å². The Balaban J connectivity index is 1.50. The summed E-state index contributed by atoms with van der Waals surface area (Å²) in [6, 6.07) is 4.31. The highest BCUT2D eigenvalue weighted by Crippen LogP contribution is 2.49. The molecule has 4 aliphatic heterocycles. The number of rotatable bonds is 9. The van der Waals surface area contributed by atoms with Crippen LogP contribution >= 0.6 is 0 Å². The molecule has 6 nitrogen and oxygen atoms in total. The van der Waals surface area contributed by atoms with E-state index in [0.29, 0.717) is 30.1 Å². The van der Waals surface area contributed by atoms with E-state index in [-0.39, 0.29) is 5.41 Å². The number of nitrogen functional groups attached to an aromatic ring is 2. The molecule has 4 fully saturated rings. The van der Waals surface area contributed by atoms with Gasteiger partial charge < -0.3 is 30.4 Å². The van der Waals surface area contributed by atoms with E-state index in [1.807, 2.05) is 0 Å². The molecule has 4 aliphatic rings. The number of hydrogen-bond donors (Lipinski definition) is 2. The average Bonchev–Trinajstić information content (AvgIpc) is 3.44. The lowest BCUT2D eigenvalue weighted by molar-refractivity contribution is 0.233. The second-order valence-corrected chi connectivity index (χ2v) is 8.02. The van der Waals surface area contributed by atoms with Crippen molar-refractivity contribution in [3.8, 4) is 0 Å². The third-order valence-corrected chi connectivity index (χ3v) is 5.86. The Morgan fingerprint density at radius 2 is 1.24 bits per heavy atom. The molecule has 0 radical (unpaired) electrons. The Morgan fingerprint density at radius 3 is 1.68 bits per heavy atom. The molecule has 136 valence electrons. The van der Waals surface area contributed by atoms with Crippen LogP contribution in [0.4, 0.5) is 11.4 Å². The topological polar surface area (TPSA) is 102 Å². The summed E-state index contributed by atoms with van der Waals surface area (Å²) in [7, 11) is 0. The van der Waals surface area contributed by atoms with Gasteiger partial charge in [-0.3, -0.25) is 0 Å². The van der Waals surface area contributed by atoms with Gasteiger partial charge in [0.05, 0.1) is 62.2 Å². The van der Waals surface area contributed by atoms with Crippen molar-refractivity contribution in [3.63, 3.8) is 0 Å². The van der Waals surface area contributed by atoms with Crippen molar-refractivity contribution in [1.29, 1.82) is 0 Å². The van der Waals surface area contributed by atoms with Crippen LogP contribution in [-0.2, 0) is 30.8 Å². The third-order valence-electron chi connectivity index (χ3n) is 5.86. The van der Waals surface area contributed by atoms with Gasteiger partial charge in [-0.05, 0) is 30.4 Å². The average molecular weight is 346 g/mol. The van der Waals surface area contributed by atoms with Crippen LogP contribution < -0.4 is 11.5 Å². The standard InChI is InChI=1S/C19H26N2O4/c20-17-11(3-12-7-22-12)1-2-16(18(17)21)19(4-13-8-23-13,5-14-9-24-14)6-15-10-25-15/h1-2,12-15H,3-10,20-21H2. The summed E-state index contributed by atoms with van der Waals surface area (Å²) in [5.41, 5.74) is 16.6. The molecular weight excluding hydrogens is 320 g/mol. The van der Waals surface area contributed by atoms with Crippen molar-refractivity contribution in [1.82, 2.24) is 0 Å². The minimum Gasteiger partial charge on any atom is -0.397 e. The van der Waals surface area contributed by atoms with Gasteiger partial charge in [0.25, 0.3) is 0 Å². The smallest absolute Gasteiger partial charge is 0.0850 e. The van der Waals surface area contributed by atoms with Crippen LogP contribution in [0.5, 0.6) is 0 Å². The summed E-state index contributed by atoms with van der Waals surface area (Å²) in [6.45, 7) is 3.34. The van der Waals surface area contributed by atoms with Crippen LogP contribution in [0.15, 0.2) is 12.1 Å². The fourth-order valence-electron chi connectivity index (χ4n) is 4.20. The maximum Gasteiger partial charge on any atom is 0.0850 e. The maximum atomic E-state index is 6.57. The van der Waals surface area contributed by atoms with E-state index in [0.717, 1.165) is 68.9 Å². The van der Waals surface area contributed by atoms with E-state index in [1.165, 1.54) is 0 Å². The molecule has 0 bridgehead atoms. The first-order valence-corrected chi connectivity index (χ1v) is 9.27. The van der Waals surface area contributed by atoms with Gasteiger partial charge in [-0.1, -0.05) is 12.1 Å². The van der Waals surface area contributed by atoms with E-state index in [9.17, 15) is 0 Å². The zero-order chi connectivity index (χ0) is 17.0. The molecule has 4 heterocycles. The highest BCUT2D eigenvalue weighted by molar-refractivity contribution is 5.73. The first-order chi connectivity index (χ1) is 12.1. The van der Waals surface area contributed by atoms with Crippen LogP contribution in [0.2, 0.25) is 0 Å². The number of nitrogens with two attached hydrogens (primary N) is 2. The highest BCUT2D eigenvalue weighted by Gasteiger charge is 2.48. The van der Waals surface area contributed by atoms with Crippen LogP contribution in [-0.4, -0.2) is 50.8 Å². The molecule has 25 heavy (non-hydrogen) atoms. The predicted octanol–water partition coefficient (Wildman–Crippen LogP) is 1.40. The van der Waals surface area contributed by atoms with Gasteiger partial charge >= 0.3 is 0 Å². The van der Waals surface area contributed by atoms with Crippen molar-refractivity contribution in [2.75, 3.05) is 37.9 Å². The SMILES string of the molecule is Nc1c(CC2CO2)ccc(C(CC2CO2)(CC2CO2)CC2CO2)c1N. The van der Waals surface area contributed by atoms with Crippen molar-refractivity contribution in [2.45, 2.75) is 55.5 Å². The van der Waals surface area contributed by atoms with Crippen LogP contribution in [0.3, 0.4) is 0 Å². The maximum absolute atomic E-state index is 6.57. The molecule has 1 aromatic carbocycles. The van der Waals surface area contributed by atoms with Crippen LogP contribution in [0, 0.1) is 0 Å². The Bertz CT molecular complexity index is 628. The number of ether oxygens (including phenoxy) is 4. The molecule has 6 heteroatoms. The fraction of sp³-hybridized carbons (Fsp3) is 0.684. The number of epoxide rings is 4. The van der Waals surface area contributed by atoms with Crippen LogP contribution in [0.1, 0.15) is 30.4 Å². The summed E-state index contributed by atoms with van der Waals surface area (Å²) in [6.07, 6.45) is 4.97. The normalized spacial score (nSPS) is 34.4. The monoisotopic (exact) mass is 346 g/mol. The Morgan fingerprint density at radius 1 is 0.760 bits per heavy atom. The molecule has 0 aromatic heterocycles. The zero-order valence-electron chi connectivity index (χ0n) is 14.4. The van der Waals surface area contributed by atoms with Gasteiger partial charge in [-0.2, -0.15) is 0 Å². The molecule has 4 N–H and O–H groups in total. The molecule has 4 unspecified atom stereocenters. The molecule has 5 rings (SSSR count). The third kappa shape index (κ3) is 3.49. The van der Waals surface area contributed by atoms with Crippen molar-refractivity contribution in [3.05, 3.63) is 23.3 Å². The summed E-state index contributed by atoms with van der Waals surface area (Å²) < 4.78 is 22.1. The molecular formula is C19H26N2O4. The zero-order valence-corrected chi connectivity index (χ0v) is 14.4. The van der Waals surface area contributed by atoms with Gasteiger partial charge in [-0.25, -0.2) is 0 Å². The van der Waals surface area contributed by atoms with Crippen molar-refractivity contribution in [2.24, 2.45) is 0 Å². The van der Waals surface area contributed by atoms with Gasteiger partial charge in [0.2, 0.25) is 0 Å². The van der Waals surface area contributed by atoms with Crippen molar-refractivity contribution < 1.29 is 18.9 Å². The highest BCUT2D eigenvalue weighted by atomic mass is 16.6. The van der Waals surface area contributed by atoms with E-state index in [4.69, 9.17) is 30.4 Å². The first kappa shape index (κ1) is 15.9. The van der Waals surface area contributed by atoms with E-state index in [2.05, 4.69) is 12.1 Å². The van der Waals surface area contributed by atoms with E-state index >= 15 is 0 Å². The molecule has 0 saturated carbocycles. The summed E-state index contributed by atoms with van der Waals surface area (Å²) in [5, 5.41) is 0. The minimum absolute atomic E-state index is 0.0870. The molecule has 1 aromatic rings. The molecule has 0 spiro atoms. The quantitative estimate of drug-likeness (QED) is 0.517. The summed E-state index contributed by atoms with van der Waals surface area (Å²) in [5.74, 6) is 0. The fourth-order valence-corrected chi connectivity index (χ4v) is 4.20. The first-order valence-electron chi connectivity index (χ1n) is 9.27. The number of anilines is 2. The molecule has 4 atom stereocenters. The summed E-state index contributed by atoms with van der Waals surface area (Å²) >= 11 is 0. The molecule has 0 aliphatic carbocycles. The van der Waals surface area contributed by atoms with Crippen molar-refractivity contribution >= 4 is 11.4 Å². The van der Waals surface area contributed by atoms with Gasteiger partial charge in [0, 0.05) is 11.8 Å². The largest absolute Gasteiger partial charge is 0.397 e. The lowest BCUT2D eigenvalue weighted by atomic mass is 9.69. The lowest BCUT2D eigenvalue weighted by Gasteiger charge is -2.35. The number of benzene rings is 1. The van der Waals surface area contributed by atoms with Crippen LogP contribution in [0.25, 0.3) is 0 Å². The minimum atomic E-state index is -0.0870.